The van der Waals surface area contributed by atoms with Crippen molar-refractivity contribution in [3.63, 3.8) is 0 Å². The molecule has 0 aromatic carbocycles. The first-order chi connectivity index (χ1) is 3.43. The molecule has 8 heavy (non-hydrogen) atoms. The summed E-state index contributed by atoms with van der Waals surface area (Å²) in [6.07, 6.45) is 0. The zero-order valence-corrected chi connectivity index (χ0v) is 6.36. The van der Waals surface area contributed by atoms with Crippen molar-refractivity contribution in [1.82, 2.24) is 5.32 Å². The Bertz CT molecular complexity index is 56.0. The molecule has 4 heteroatoms. The van der Waals surface area contributed by atoms with Crippen molar-refractivity contribution < 1.29 is 0 Å². The third kappa shape index (κ3) is 2.22. The lowest BCUT2D eigenvalue weighted by Gasteiger charge is -1.89. The third-order valence-electron chi connectivity index (χ3n) is 1.11. The minimum Gasteiger partial charge on any atom is -0.289 e. The van der Waals surface area contributed by atoms with Gasteiger partial charge in [-0.2, -0.15) is 0 Å². The van der Waals surface area contributed by atoms with E-state index in [4.69, 9.17) is 5.73 Å². The molecular formula is C4H12ClN2S+. The summed E-state index contributed by atoms with van der Waals surface area (Å²) in [6.45, 7) is 1.18. The molecule has 0 bridgehead atoms. The van der Waals surface area contributed by atoms with E-state index in [1.54, 1.807) is 0 Å². The average Bonchev–Trinajstić information content (AvgIpc) is 2.14. The maximum atomic E-state index is 5.41. The smallest absolute Gasteiger partial charge is 0.161 e. The first kappa shape index (κ1) is 8.56. The molecule has 1 saturated heterocycles. The van der Waals surface area contributed by atoms with Gasteiger partial charge in [0.2, 0.25) is 0 Å². The van der Waals surface area contributed by atoms with Gasteiger partial charge in [-0.15, -0.1) is 12.4 Å². The van der Waals surface area contributed by atoms with Crippen LogP contribution in [0.25, 0.3) is 0 Å². The normalized spacial score (nSPS) is 27.4. The Labute approximate surface area is 59.0 Å². The van der Waals surface area contributed by atoms with Crippen LogP contribution in [0.4, 0.5) is 0 Å². The Hall–Kier alpha value is 0.560. The molecule has 1 heterocycles. The zero-order chi connectivity index (χ0) is 5.11. The lowest BCUT2D eigenvalue weighted by atomic mass is 10.8. The van der Waals surface area contributed by atoms with Crippen molar-refractivity contribution in [3.8, 4) is 0 Å². The van der Waals surface area contributed by atoms with Gasteiger partial charge in [0, 0.05) is 17.4 Å². The molecule has 50 valence electrons. The maximum absolute atomic E-state index is 5.41. The average molecular weight is 156 g/mol. The van der Waals surface area contributed by atoms with Crippen LogP contribution in [0.2, 0.25) is 0 Å². The molecule has 2 nitrogen and oxygen atoms in total. The first-order valence-electron chi connectivity index (χ1n) is 2.48. The predicted octanol–water partition coefficient (Wildman–Crippen LogP) is -0.497. The van der Waals surface area contributed by atoms with E-state index in [2.05, 4.69) is 5.32 Å². The fraction of sp³-hybridized carbons (Fsp3) is 1.00. The SMILES string of the molecule is Cl.NC[S+]1CCNC1. The summed E-state index contributed by atoms with van der Waals surface area (Å²) in [7, 11) is 0.532. The van der Waals surface area contributed by atoms with E-state index in [-0.39, 0.29) is 12.4 Å². The molecule has 0 aromatic heterocycles. The highest BCUT2D eigenvalue weighted by Crippen LogP contribution is 1.95. The van der Waals surface area contributed by atoms with Gasteiger partial charge in [0.25, 0.3) is 0 Å². The van der Waals surface area contributed by atoms with Gasteiger partial charge in [0.1, 0.15) is 5.75 Å². The molecule has 0 aromatic rings. The van der Waals surface area contributed by atoms with E-state index in [1.165, 1.54) is 12.3 Å². The Morgan fingerprint density at radius 1 is 1.62 bits per heavy atom. The second-order valence-corrected chi connectivity index (χ2v) is 3.88. The molecule has 0 aliphatic carbocycles. The Morgan fingerprint density at radius 2 is 2.38 bits per heavy atom. The van der Waals surface area contributed by atoms with E-state index < -0.39 is 0 Å². The summed E-state index contributed by atoms with van der Waals surface area (Å²) in [4.78, 5) is 0. The lowest BCUT2D eigenvalue weighted by Crippen LogP contribution is -2.18. The van der Waals surface area contributed by atoms with E-state index in [1.807, 2.05) is 0 Å². The lowest BCUT2D eigenvalue weighted by molar-refractivity contribution is 0.885. The van der Waals surface area contributed by atoms with E-state index in [9.17, 15) is 0 Å². The largest absolute Gasteiger partial charge is 0.289 e. The fourth-order valence-electron chi connectivity index (χ4n) is 0.647. The molecule has 0 amide bonds. The van der Waals surface area contributed by atoms with Crippen molar-refractivity contribution >= 4 is 23.3 Å². The van der Waals surface area contributed by atoms with Crippen LogP contribution in [0, 0.1) is 0 Å². The Balaban J connectivity index is 0.000000490. The summed E-state index contributed by atoms with van der Waals surface area (Å²) in [5.74, 6) is 3.35. The van der Waals surface area contributed by atoms with E-state index in [0.717, 1.165) is 11.8 Å². The number of nitrogens with one attached hydrogen (secondary N) is 1. The van der Waals surface area contributed by atoms with Gasteiger partial charge in [-0.1, -0.05) is 0 Å². The van der Waals surface area contributed by atoms with Crippen LogP contribution >= 0.6 is 12.4 Å². The number of halogens is 1. The van der Waals surface area contributed by atoms with Crippen molar-refractivity contribution in [3.05, 3.63) is 0 Å². The standard InChI is InChI=1S/C4H11N2S.ClH/c5-3-7-2-1-6-4-7;/h6H,1-5H2;1H/q+1;. The summed E-state index contributed by atoms with van der Waals surface area (Å²) in [5.41, 5.74) is 5.41. The highest BCUT2D eigenvalue weighted by molar-refractivity contribution is 7.97. The molecule has 1 aliphatic rings. The van der Waals surface area contributed by atoms with Crippen molar-refractivity contribution in [1.29, 1.82) is 0 Å². The van der Waals surface area contributed by atoms with Crippen LogP contribution in [-0.4, -0.2) is 24.1 Å². The van der Waals surface area contributed by atoms with Crippen molar-refractivity contribution in [2.24, 2.45) is 5.73 Å². The molecule has 1 aliphatic heterocycles. The van der Waals surface area contributed by atoms with Gasteiger partial charge >= 0.3 is 0 Å². The predicted molar refractivity (Wildman–Crippen MR) is 41.4 cm³/mol. The summed E-state index contributed by atoms with van der Waals surface area (Å²) >= 11 is 0. The minimum absolute atomic E-state index is 0. The second-order valence-electron chi connectivity index (χ2n) is 1.63. The number of nitrogens with two attached hydrogens (primary N) is 1. The van der Waals surface area contributed by atoms with Gasteiger partial charge in [-0.05, 0) is 0 Å². The summed E-state index contributed by atoms with van der Waals surface area (Å²) < 4.78 is 0. The van der Waals surface area contributed by atoms with Gasteiger partial charge in [-0.25, -0.2) is 0 Å². The minimum atomic E-state index is 0. The topological polar surface area (TPSA) is 38.0 Å². The van der Waals surface area contributed by atoms with Gasteiger partial charge < -0.3 is 0 Å². The number of hydrogen-bond acceptors (Lipinski definition) is 2. The van der Waals surface area contributed by atoms with Gasteiger partial charge in [0.05, 0.1) is 0 Å². The molecular weight excluding hydrogens is 144 g/mol. The molecule has 0 radical (unpaired) electrons. The fourth-order valence-corrected chi connectivity index (χ4v) is 1.94. The van der Waals surface area contributed by atoms with Crippen LogP contribution < -0.4 is 11.1 Å². The highest BCUT2D eigenvalue weighted by Gasteiger charge is 2.20. The maximum Gasteiger partial charge on any atom is 0.161 e. The third-order valence-corrected chi connectivity index (χ3v) is 2.97. The molecule has 0 spiro atoms. The number of rotatable bonds is 1. The van der Waals surface area contributed by atoms with Crippen molar-refractivity contribution in [2.75, 3.05) is 24.1 Å². The molecule has 0 saturated carbocycles. The van der Waals surface area contributed by atoms with Crippen LogP contribution in [0.1, 0.15) is 0 Å². The second kappa shape index (κ2) is 4.44. The monoisotopic (exact) mass is 155 g/mol. The van der Waals surface area contributed by atoms with Crippen molar-refractivity contribution in [2.45, 2.75) is 0 Å². The first-order valence-corrected chi connectivity index (χ1v) is 4.21. The van der Waals surface area contributed by atoms with Gasteiger partial charge in [-0.3, -0.25) is 11.1 Å². The molecule has 1 unspecified atom stereocenters. The molecule has 3 N–H and O–H groups in total. The van der Waals surface area contributed by atoms with Gasteiger partial charge in [0.15, 0.2) is 11.8 Å². The van der Waals surface area contributed by atoms with Crippen LogP contribution in [-0.2, 0) is 10.9 Å². The molecule has 1 atom stereocenters. The van der Waals surface area contributed by atoms with E-state index in [0.29, 0.717) is 10.9 Å². The Kier molecular flexibility index (Phi) is 4.75. The van der Waals surface area contributed by atoms with E-state index >= 15 is 0 Å². The highest BCUT2D eigenvalue weighted by atomic mass is 35.5. The van der Waals surface area contributed by atoms with Crippen LogP contribution in [0.3, 0.4) is 0 Å². The molecule has 1 fully saturated rings. The number of hydrogen-bond donors (Lipinski definition) is 2. The van der Waals surface area contributed by atoms with Crippen LogP contribution in [0.5, 0.6) is 0 Å². The quantitative estimate of drug-likeness (QED) is 0.502. The molecule has 1 rings (SSSR count). The summed E-state index contributed by atoms with van der Waals surface area (Å²) in [5, 5.41) is 3.26. The Morgan fingerprint density at radius 3 is 2.62 bits per heavy atom. The summed E-state index contributed by atoms with van der Waals surface area (Å²) in [6, 6.07) is 0. The van der Waals surface area contributed by atoms with Crippen LogP contribution in [0.15, 0.2) is 0 Å². The zero-order valence-electron chi connectivity index (χ0n) is 4.72.